The Bertz CT molecular complexity index is 840. The third-order valence-electron chi connectivity index (χ3n) is 4.91. The minimum atomic E-state index is -0.522. The summed E-state index contributed by atoms with van der Waals surface area (Å²) in [4.78, 5) is 27.8. The molecule has 30 heavy (non-hydrogen) atoms. The number of nitrogens with zero attached hydrogens (tertiary/aromatic N) is 1. The largest absolute Gasteiger partial charge is 0.354 e. The average Bonchev–Trinajstić information content (AvgIpc) is 2.72. The summed E-state index contributed by atoms with van der Waals surface area (Å²) >= 11 is 12.3. The van der Waals surface area contributed by atoms with Crippen molar-refractivity contribution in [3.8, 4) is 0 Å². The number of benzene rings is 2. The number of rotatable bonds is 10. The van der Waals surface area contributed by atoms with Crippen LogP contribution in [0.3, 0.4) is 0 Å². The van der Waals surface area contributed by atoms with E-state index in [1.165, 1.54) is 0 Å². The van der Waals surface area contributed by atoms with Crippen LogP contribution in [0.15, 0.2) is 48.5 Å². The second-order valence-electron chi connectivity index (χ2n) is 7.80. The number of halogens is 2. The van der Waals surface area contributed by atoms with E-state index >= 15 is 0 Å². The van der Waals surface area contributed by atoms with Crippen molar-refractivity contribution < 1.29 is 9.59 Å². The van der Waals surface area contributed by atoms with Crippen LogP contribution >= 0.6 is 23.2 Å². The van der Waals surface area contributed by atoms with Gasteiger partial charge in [0, 0.05) is 23.1 Å². The van der Waals surface area contributed by atoms with E-state index in [0.717, 1.165) is 5.56 Å². The zero-order valence-electron chi connectivity index (χ0n) is 17.8. The maximum Gasteiger partial charge on any atom is 0.242 e. The van der Waals surface area contributed by atoms with Crippen LogP contribution in [0.1, 0.15) is 38.3 Å². The molecule has 0 aromatic heterocycles. The summed E-state index contributed by atoms with van der Waals surface area (Å²) in [6, 6.07) is 14.6. The molecule has 0 spiro atoms. The van der Waals surface area contributed by atoms with Crippen LogP contribution < -0.4 is 5.32 Å². The van der Waals surface area contributed by atoms with Gasteiger partial charge in [0.15, 0.2) is 0 Å². The third-order valence-corrected chi connectivity index (χ3v) is 5.50. The molecular formula is C24H30Cl2N2O2. The Morgan fingerprint density at radius 3 is 2.37 bits per heavy atom. The summed E-state index contributed by atoms with van der Waals surface area (Å²) in [5.41, 5.74) is 1.82. The lowest BCUT2D eigenvalue weighted by molar-refractivity contribution is -0.140. The molecule has 2 amide bonds. The van der Waals surface area contributed by atoms with Crippen LogP contribution in [0.2, 0.25) is 10.0 Å². The highest BCUT2D eigenvalue weighted by molar-refractivity contribution is 6.35. The van der Waals surface area contributed by atoms with Gasteiger partial charge in [-0.2, -0.15) is 0 Å². The van der Waals surface area contributed by atoms with Crippen molar-refractivity contribution in [2.45, 2.75) is 46.1 Å². The summed E-state index contributed by atoms with van der Waals surface area (Å²) in [6.07, 6.45) is 1.34. The SMILES string of the molecule is CC[C@H](C(=O)NCC(C)C)N(CCc1ccccc1)C(=O)Cc1ccc(Cl)cc1Cl. The molecule has 2 aromatic carbocycles. The maximum absolute atomic E-state index is 13.3. The fraction of sp³-hybridized carbons (Fsp3) is 0.417. The molecule has 4 nitrogen and oxygen atoms in total. The van der Waals surface area contributed by atoms with Crippen molar-refractivity contribution in [2.24, 2.45) is 5.92 Å². The Balaban J connectivity index is 2.21. The Labute approximate surface area is 189 Å². The summed E-state index contributed by atoms with van der Waals surface area (Å²) in [5, 5.41) is 3.95. The molecule has 2 aromatic rings. The highest BCUT2D eigenvalue weighted by Crippen LogP contribution is 2.22. The van der Waals surface area contributed by atoms with E-state index in [4.69, 9.17) is 23.2 Å². The van der Waals surface area contributed by atoms with E-state index in [1.54, 1.807) is 23.1 Å². The molecule has 0 aliphatic rings. The van der Waals surface area contributed by atoms with Gasteiger partial charge in [0.05, 0.1) is 6.42 Å². The molecule has 0 saturated carbocycles. The van der Waals surface area contributed by atoms with Crippen LogP contribution in [-0.4, -0.2) is 35.8 Å². The van der Waals surface area contributed by atoms with Crippen LogP contribution in [0, 0.1) is 5.92 Å². The van der Waals surface area contributed by atoms with Gasteiger partial charge in [0.2, 0.25) is 11.8 Å². The average molecular weight is 449 g/mol. The van der Waals surface area contributed by atoms with Crippen LogP contribution in [0.4, 0.5) is 0 Å². The number of hydrogen-bond acceptors (Lipinski definition) is 2. The number of carbonyl (C=O) groups is 2. The molecule has 1 N–H and O–H groups in total. The van der Waals surface area contributed by atoms with Crippen molar-refractivity contribution in [1.82, 2.24) is 10.2 Å². The van der Waals surface area contributed by atoms with Gasteiger partial charge in [-0.05, 0) is 42.0 Å². The summed E-state index contributed by atoms with van der Waals surface area (Å²) < 4.78 is 0. The topological polar surface area (TPSA) is 49.4 Å². The standard InChI is InChI=1S/C24H30Cl2N2O2/c1-4-22(24(30)27-16-17(2)3)28(13-12-18-8-6-5-7-9-18)23(29)14-19-10-11-20(25)15-21(19)26/h5-11,15,17,22H,4,12-14,16H2,1-3H3,(H,27,30)/t22-/m1/s1. The molecule has 6 heteroatoms. The monoisotopic (exact) mass is 448 g/mol. The van der Waals surface area contributed by atoms with Gasteiger partial charge in [-0.15, -0.1) is 0 Å². The van der Waals surface area contributed by atoms with Crippen LogP contribution in [0.5, 0.6) is 0 Å². The van der Waals surface area contributed by atoms with Crippen LogP contribution in [0.25, 0.3) is 0 Å². The zero-order chi connectivity index (χ0) is 22.1. The number of amides is 2. The molecule has 2 rings (SSSR count). The van der Waals surface area contributed by atoms with E-state index in [0.29, 0.717) is 47.5 Å². The molecule has 0 heterocycles. The molecule has 0 aliphatic carbocycles. The lowest BCUT2D eigenvalue weighted by Crippen LogP contribution is -2.51. The fourth-order valence-corrected chi connectivity index (χ4v) is 3.72. The van der Waals surface area contributed by atoms with Gasteiger partial charge in [-0.1, -0.05) is 80.4 Å². The zero-order valence-corrected chi connectivity index (χ0v) is 19.3. The van der Waals surface area contributed by atoms with E-state index in [1.807, 2.05) is 51.1 Å². The van der Waals surface area contributed by atoms with E-state index in [-0.39, 0.29) is 18.2 Å². The molecule has 0 unspecified atom stereocenters. The number of hydrogen-bond donors (Lipinski definition) is 1. The second kappa shape index (κ2) is 12.0. The van der Waals surface area contributed by atoms with E-state index < -0.39 is 6.04 Å². The molecule has 0 bridgehead atoms. The van der Waals surface area contributed by atoms with E-state index in [9.17, 15) is 9.59 Å². The highest BCUT2D eigenvalue weighted by Gasteiger charge is 2.28. The van der Waals surface area contributed by atoms with Gasteiger partial charge >= 0.3 is 0 Å². The first-order chi connectivity index (χ1) is 14.3. The predicted molar refractivity (Wildman–Crippen MR) is 124 cm³/mol. The molecule has 0 aliphatic heterocycles. The van der Waals surface area contributed by atoms with Gasteiger partial charge in [0.25, 0.3) is 0 Å². The van der Waals surface area contributed by atoms with Crippen molar-refractivity contribution in [2.75, 3.05) is 13.1 Å². The van der Waals surface area contributed by atoms with Gasteiger partial charge in [0.1, 0.15) is 6.04 Å². The Morgan fingerprint density at radius 1 is 1.07 bits per heavy atom. The highest BCUT2D eigenvalue weighted by atomic mass is 35.5. The quantitative estimate of drug-likeness (QED) is 0.545. The molecule has 162 valence electrons. The first-order valence-electron chi connectivity index (χ1n) is 10.4. The Kier molecular flexibility index (Phi) is 9.67. The first-order valence-corrected chi connectivity index (χ1v) is 11.1. The van der Waals surface area contributed by atoms with Gasteiger partial charge < -0.3 is 10.2 Å². The van der Waals surface area contributed by atoms with Gasteiger partial charge in [-0.25, -0.2) is 0 Å². The smallest absolute Gasteiger partial charge is 0.242 e. The van der Waals surface area contributed by atoms with E-state index in [2.05, 4.69) is 5.32 Å². The van der Waals surface area contributed by atoms with Crippen molar-refractivity contribution in [3.63, 3.8) is 0 Å². The van der Waals surface area contributed by atoms with Crippen molar-refractivity contribution >= 4 is 35.0 Å². The fourth-order valence-electron chi connectivity index (χ4n) is 3.25. The number of nitrogens with one attached hydrogen (secondary N) is 1. The minimum Gasteiger partial charge on any atom is -0.354 e. The number of carbonyl (C=O) groups excluding carboxylic acids is 2. The summed E-state index contributed by atoms with van der Waals surface area (Å²) in [7, 11) is 0. The summed E-state index contributed by atoms with van der Waals surface area (Å²) in [5.74, 6) is 0.101. The molecule has 1 atom stereocenters. The lowest BCUT2D eigenvalue weighted by atomic mass is 10.1. The minimum absolute atomic E-state index is 0.116. The lowest BCUT2D eigenvalue weighted by Gasteiger charge is -2.31. The Hall–Kier alpha value is -2.04. The Morgan fingerprint density at radius 2 is 1.77 bits per heavy atom. The van der Waals surface area contributed by atoms with Gasteiger partial charge in [-0.3, -0.25) is 9.59 Å². The maximum atomic E-state index is 13.3. The summed E-state index contributed by atoms with van der Waals surface area (Å²) in [6.45, 7) is 7.06. The van der Waals surface area contributed by atoms with Crippen molar-refractivity contribution in [1.29, 1.82) is 0 Å². The molecule has 0 fully saturated rings. The molecule has 0 radical (unpaired) electrons. The molecule has 0 saturated heterocycles. The molecular weight excluding hydrogens is 419 g/mol. The second-order valence-corrected chi connectivity index (χ2v) is 8.64. The van der Waals surface area contributed by atoms with Crippen molar-refractivity contribution in [3.05, 3.63) is 69.7 Å². The third kappa shape index (κ3) is 7.33. The first kappa shape index (κ1) is 24.2. The predicted octanol–water partition coefficient (Wildman–Crippen LogP) is 5.16. The van der Waals surface area contributed by atoms with Crippen LogP contribution in [-0.2, 0) is 22.4 Å². The normalized spacial score (nSPS) is 11.9.